The first-order valence-electron chi connectivity index (χ1n) is 9.88. The fraction of sp³-hybridized carbons (Fsp3) is 0.632. The van der Waals surface area contributed by atoms with Crippen molar-refractivity contribution in [3.63, 3.8) is 0 Å². The fourth-order valence-electron chi connectivity index (χ4n) is 4.59. The van der Waals surface area contributed by atoms with Crippen LogP contribution >= 0.6 is 15.9 Å². The van der Waals surface area contributed by atoms with E-state index in [1.54, 1.807) is 13.2 Å². The maximum Gasteiger partial charge on any atom is 0.294 e. The zero-order valence-electron chi connectivity index (χ0n) is 16.2. The van der Waals surface area contributed by atoms with Crippen LogP contribution in [0.25, 0.3) is 0 Å². The van der Waals surface area contributed by atoms with Crippen LogP contribution in [0.15, 0.2) is 16.6 Å². The van der Waals surface area contributed by atoms with Gasteiger partial charge >= 0.3 is 0 Å². The van der Waals surface area contributed by atoms with Crippen molar-refractivity contribution in [1.82, 2.24) is 10.2 Å². The Kier molecular flexibility index (Phi) is 6.05. The van der Waals surface area contributed by atoms with E-state index in [2.05, 4.69) is 26.6 Å². The van der Waals surface area contributed by atoms with Crippen LogP contribution in [0.1, 0.15) is 29.6 Å². The van der Waals surface area contributed by atoms with Crippen molar-refractivity contribution in [2.24, 2.45) is 0 Å². The van der Waals surface area contributed by atoms with Gasteiger partial charge in [-0.25, -0.2) is 0 Å². The molecule has 1 aromatic carbocycles. The van der Waals surface area contributed by atoms with E-state index in [0.29, 0.717) is 36.3 Å². The second-order valence-corrected chi connectivity index (χ2v) is 8.69. The van der Waals surface area contributed by atoms with E-state index in [-0.39, 0.29) is 41.5 Å². The number of fused-ring (bicyclic) bond motifs is 2. The molecule has 29 heavy (non-hydrogen) atoms. The number of piperidine rings is 1. The Labute approximate surface area is 177 Å². The normalized spacial score (nSPS) is 29.0. The summed E-state index contributed by atoms with van der Waals surface area (Å²) in [6, 6.07) is 2.97. The van der Waals surface area contributed by atoms with E-state index in [9.17, 15) is 14.9 Å². The average Bonchev–Trinajstić information content (AvgIpc) is 3.14. The van der Waals surface area contributed by atoms with E-state index in [0.717, 1.165) is 19.3 Å². The summed E-state index contributed by atoms with van der Waals surface area (Å²) in [5.41, 5.74) is 0.443. The summed E-state index contributed by atoms with van der Waals surface area (Å²) in [7, 11) is 1.61. The van der Waals surface area contributed by atoms with Crippen molar-refractivity contribution in [2.45, 2.75) is 43.5 Å². The number of halogens is 1. The lowest BCUT2D eigenvalue weighted by Gasteiger charge is -2.46. The standard InChI is InChI=1S/C19H25BrN4O5/c1-28-17-8-21-7-15(17)22-18-14(5-11(20)6-16(18)24(26)27)19(25)23-12-3-2-4-13(23)10-29-9-12/h5-6,12-13,15,17,21-22H,2-4,7-10H2,1H3/t12?,13?,15-,17-/m0/s1. The average molecular weight is 469 g/mol. The minimum Gasteiger partial charge on any atom is -0.378 e. The number of hydrogen-bond acceptors (Lipinski definition) is 7. The van der Waals surface area contributed by atoms with Gasteiger partial charge in [0.25, 0.3) is 11.6 Å². The molecule has 1 aromatic rings. The number of ether oxygens (including phenoxy) is 2. The van der Waals surface area contributed by atoms with Crippen LogP contribution in [-0.4, -0.2) is 73.4 Å². The number of rotatable bonds is 5. The predicted molar refractivity (Wildman–Crippen MR) is 110 cm³/mol. The predicted octanol–water partition coefficient (Wildman–Crippen LogP) is 2.15. The number of methoxy groups -OCH3 is 1. The molecule has 2 bridgehead atoms. The van der Waals surface area contributed by atoms with E-state index in [1.165, 1.54) is 6.07 Å². The van der Waals surface area contributed by atoms with Gasteiger partial charge in [0.1, 0.15) is 5.69 Å². The summed E-state index contributed by atoms with van der Waals surface area (Å²) in [5.74, 6) is -0.185. The number of morpholine rings is 1. The van der Waals surface area contributed by atoms with Gasteiger partial charge in [-0.3, -0.25) is 14.9 Å². The minimum absolute atomic E-state index is 0.0146. The number of anilines is 1. The first-order valence-corrected chi connectivity index (χ1v) is 10.7. The van der Waals surface area contributed by atoms with Gasteiger partial charge in [-0.1, -0.05) is 15.9 Å². The van der Waals surface area contributed by atoms with Crippen LogP contribution in [0.5, 0.6) is 0 Å². The third kappa shape index (κ3) is 3.98. The highest BCUT2D eigenvalue weighted by molar-refractivity contribution is 9.10. The smallest absolute Gasteiger partial charge is 0.294 e. The Bertz CT molecular complexity index is 785. The highest BCUT2D eigenvalue weighted by Gasteiger charge is 2.40. The summed E-state index contributed by atoms with van der Waals surface area (Å²) in [5, 5.41) is 18.3. The van der Waals surface area contributed by atoms with Gasteiger partial charge in [-0.15, -0.1) is 0 Å². The molecule has 3 heterocycles. The number of hydrogen-bond donors (Lipinski definition) is 2. The van der Waals surface area contributed by atoms with Crippen molar-refractivity contribution < 1.29 is 19.2 Å². The first-order chi connectivity index (χ1) is 14.0. The van der Waals surface area contributed by atoms with Gasteiger partial charge in [0.2, 0.25) is 0 Å². The number of amides is 1. The van der Waals surface area contributed by atoms with Crippen LogP contribution < -0.4 is 10.6 Å². The molecular formula is C19H25BrN4O5. The lowest BCUT2D eigenvalue weighted by atomic mass is 9.93. The quantitative estimate of drug-likeness (QED) is 0.503. The van der Waals surface area contributed by atoms with Gasteiger partial charge in [0.15, 0.2) is 0 Å². The molecule has 2 N–H and O–H groups in total. The number of nitrogens with one attached hydrogen (secondary N) is 2. The molecule has 10 heteroatoms. The van der Waals surface area contributed by atoms with Crippen LogP contribution in [0.2, 0.25) is 0 Å². The number of carbonyl (C=O) groups excluding carboxylic acids is 1. The van der Waals surface area contributed by atoms with Crippen molar-refractivity contribution >= 4 is 33.2 Å². The Morgan fingerprint density at radius 3 is 2.72 bits per heavy atom. The molecule has 0 spiro atoms. The molecule has 9 nitrogen and oxygen atoms in total. The molecular weight excluding hydrogens is 444 g/mol. The van der Waals surface area contributed by atoms with Crippen molar-refractivity contribution in [1.29, 1.82) is 0 Å². The van der Waals surface area contributed by atoms with Gasteiger partial charge < -0.3 is 25.0 Å². The Balaban J connectivity index is 1.73. The molecule has 158 valence electrons. The van der Waals surface area contributed by atoms with Gasteiger partial charge in [0, 0.05) is 30.7 Å². The second kappa shape index (κ2) is 8.55. The molecule has 0 saturated carbocycles. The molecule has 0 aliphatic carbocycles. The third-order valence-corrected chi connectivity index (χ3v) is 6.47. The Hall–Kier alpha value is -1.75. The van der Waals surface area contributed by atoms with Crippen molar-refractivity contribution in [3.05, 3.63) is 32.3 Å². The van der Waals surface area contributed by atoms with E-state index < -0.39 is 4.92 Å². The molecule has 3 aliphatic rings. The number of nitrogens with zero attached hydrogens (tertiary/aromatic N) is 2. The van der Waals surface area contributed by atoms with Crippen LogP contribution in [-0.2, 0) is 9.47 Å². The number of benzene rings is 1. The van der Waals surface area contributed by atoms with E-state index in [1.807, 2.05) is 4.90 Å². The molecule has 4 rings (SSSR count). The topological polar surface area (TPSA) is 106 Å². The van der Waals surface area contributed by atoms with Gasteiger partial charge in [-0.2, -0.15) is 0 Å². The molecule has 4 atom stereocenters. The molecule has 2 unspecified atom stereocenters. The number of nitro groups is 1. The minimum atomic E-state index is -0.450. The van der Waals surface area contributed by atoms with Gasteiger partial charge in [0.05, 0.1) is 47.9 Å². The highest BCUT2D eigenvalue weighted by atomic mass is 79.9. The maximum atomic E-state index is 13.6. The Morgan fingerprint density at radius 1 is 1.34 bits per heavy atom. The number of nitro benzene ring substituents is 1. The summed E-state index contributed by atoms with van der Waals surface area (Å²) in [4.78, 5) is 26.9. The summed E-state index contributed by atoms with van der Waals surface area (Å²) in [6.45, 7) is 2.27. The van der Waals surface area contributed by atoms with E-state index in [4.69, 9.17) is 9.47 Å². The highest BCUT2D eigenvalue weighted by Crippen LogP contribution is 2.37. The van der Waals surface area contributed by atoms with Crippen molar-refractivity contribution in [2.75, 3.05) is 38.7 Å². The second-order valence-electron chi connectivity index (χ2n) is 7.78. The SMILES string of the molecule is CO[C@H]1CNC[C@@H]1Nc1c(C(=O)N2C3CCCC2COC3)cc(Br)cc1[N+](=O)[O-]. The molecule has 0 radical (unpaired) electrons. The number of carbonyl (C=O) groups is 1. The molecule has 1 amide bonds. The van der Waals surface area contributed by atoms with Crippen LogP contribution in [0, 0.1) is 10.1 Å². The van der Waals surface area contributed by atoms with Gasteiger partial charge in [-0.05, 0) is 25.3 Å². The lowest BCUT2D eigenvalue weighted by Crippen LogP contribution is -2.57. The summed E-state index contributed by atoms with van der Waals surface area (Å²) < 4.78 is 11.6. The first kappa shape index (κ1) is 20.5. The van der Waals surface area contributed by atoms with Crippen LogP contribution in [0.4, 0.5) is 11.4 Å². The fourth-order valence-corrected chi connectivity index (χ4v) is 5.04. The zero-order valence-corrected chi connectivity index (χ0v) is 17.8. The monoisotopic (exact) mass is 468 g/mol. The largest absolute Gasteiger partial charge is 0.378 e. The summed E-state index contributed by atoms with van der Waals surface area (Å²) in [6.07, 6.45) is 2.71. The molecule has 3 aliphatic heterocycles. The molecule has 0 aromatic heterocycles. The summed E-state index contributed by atoms with van der Waals surface area (Å²) >= 11 is 3.34. The van der Waals surface area contributed by atoms with Crippen LogP contribution in [0.3, 0.4) is 0 Å². The lowest BCUT2D eigenvalue weighted by molar-refractivity contribution is -0.384. The maximum absolute atomic E-state index is 13.6. The van der Waals surface area contributed by atoms with E-state index >= 15 is 0 Å². The Morgan fingerprint density at radius 2 is 2.07 bits per heavy atom. The molecule has 3 fully saturated rings. The van der Waals surface area contributed by atoms with Crippen molar-refractivity contribution in [3.8, 4) is 0 Å². The zero-order chi connectivity index (χ0) is 20.5. The molecule has 3 saturated heterocycles. The third-order valence-electron chi connectivity index (χ3n) is 6.02.